The number of carbonyl (C=O) groups is 1. The Hall–Kier alpha value is -1.82. The van der Waals surface area contributed by atoms with E-state index in [1.165, 1.54) is 31.6 Å². The third-order valence-corrected chi connectivity index (χ3v) is 3.10. The Bertz CT molecular complexity index is 619. The number of ketones is 1. The molecule has 1 aromatic carbocycles. The minimum Gasteiger partial charge on any atom is -0.481 e. The molecule has 98 valence electrons. The first-order valence-electron chi connectivity index (χ1n) is 5.43. The standard InChI is InChI=1S/C13H10BrFN2O2/c1-19-13-6-9(16-7-17-13)5-12(18)8-2-3-11(15)10(14)4-8/h2-4,6-7H,5H2,1H3. The van der Waals surface area contributed by atoms with Gasteiger partial charge >= 0.3 is 0 Å². The van der Waals surface area contributed by atoms with E-state index in [1.54, 1.807) is 6.07 Å². The van der Waals surface area contributed by atoms with Gasteiger partial charge in [0.25, 0.3) is 0 Å². The van der Waals surface area contributed by atoms with Crippen LogP contribution in [-0.4, -0.2) is 22.9 Å². The Morgan fingerprint density at radius 3 is 2.84 bits per heavy atom. The summed E-state index contributed by atoms with van der Waals surface area (Å²) in [5.41, 5.74) is 0.975. The molecule has 0 saturated carbocycles. The molecule has 0 amide bonds. The predicted octanol–water partition coefficient (Wildman–Crippen LogP) is 2.81. The molecule has 0 aliphatic rings. The Morgan fingerprint density at radius 2 is 2.16 bits per heavy atom. The minimum atomic E-state index is -0.403. The zero-order valence-electron chi connectivity index (χ0n) is 10.1. The normalized spacial score (nSPS) is 10.3. The lowest BCUT2D eigenvalue weighted by Gasteiger charge is -2.03. The molecule has 4 nitrogen and oxygen atoms in total. The highest BCUT2D eigenvalue weighted by molar-refractivity contribution is 9.10. The van der Waals surface area contributed by atoms with Crippen LogP contribution in [0.2, 0.25) is 0 Å². The molecular formula is C13H10BrFN2O2. The first kappa shape index (κ1) is 13.6. The average molecular weight is 325 g/mol. The predicted molar refractivity (Wildman–Crippen MR) is 70.7 cm³/mol. The number of halogens is 2. The quantitative estimate of drug-likeness (QED) is 0.811. The summed E-state index contributed by atoms with van der Waals surface area (Å²) >= 11 is 3.05. The smallest absolute Gasteiger partial charge is 0.216 e. The molecule has 6 heteroatoms. The van der Waals surface area contributed by atoms with Crippen molar-refractivity contribution in [1.29, 1.82) is 0 Å². The van der Waals surface area contributed by atoms with Gasteiger partial charge in [-0.1, -0.05) is 0 Å². The SMILES string of the molecule is COc1cc(CC(=O)c2ccc(F)c(Br)c2)ncn1. The number of carbonyl (C=O) groups excluding carboxylic acids is 1. The van der Waals surface area contributed by atoms with Gasteiger partial charge in [-0.3, -0.25) is 4.79 Å². The van der Waals surface area contributed by atoms with Crippen molar-refractivity contribution in [3.05, 3.63) is 52.1 Å². The van der Waals surface area contributed by atoms with Crippen LogP contribution < -0.4 is 4.74 Å². The van der Waals surface area contributed by atoms with E-state index in [9.17, 15) is 9.18 Å². The molecule has 0 bridgehead atoms. The Labute approximate surface area is 117 Å². The number of aromatic nitrogens is 2. The second-order valence-corrected chi connectivity index (χ2v) is 4.63. The van der Waals surface area contributed by atoms with E-state index in [-0.39, 0.29) is 16.7 Å². The highest BCUT2D eigenvalue weighted by Gasteiger charge is 2.11. The number of Topliss-reactive ketones (excluding diaryl/α,β-unsaturated/α-hetero) is 1. The summed E-state index contributed by atoms with van der Waals surface area (Å²) in [6, 6.07) is 5.74. The first-order valence-corrected chi connectivity index (χ1v) is 6.22. The van der Waals surface area contributed by atoms with Gasteiger partial charge in [0.1, 0.15) is 12.1 Å². The maximum atomic E-state index is 13.1. The molecule has 0 aliphatic heterocycles. The molecule has 0 unspecified atom stereocenters. The number of ether oxygens (including phenoxy) is 1. The van der Waals surface area contributed by atoms with E-state index in [0.717, 1.165) is 0 Å². The zero-order chi connectivity index (χ0) is 13.8. The van der Waals surface area contributed by atoms with Gasteiger partial charge in [0, 0.05) is 11.6 Å². The highest BCUT2D eigenvalue weighted by atomic mass is 79.9. The lowest BCUT2D eigenvalue weighted by molar-refractivity contribution is 0.0992. The van der Waals surface area contributed by atoms with Crippen molar-refractivity contribution in [2.45, 2.75) is 6.42 Å². The van der Waals surface area contributed by atoms with Crippen molar-refractivity contribution in [3.63, 3.8) is 0 Å². The van der Waals surface area contributed by atoms with E-state index in [1.807, 2.05) is 0 Å². The maximum absolute atomic E-state index is 13.1. The van der Waals surface area contributed by atoms with E-state index >= 15 is 0 Å². The summed E-state index contributed by atoms with van der Waals surface area (Å²) in [5.74, 6) is -0.153. The Kier molecular flexibility index (Phi) is 4.21. The number of methoxy groups -OCH3 is 1. The van der Waals surface area contributed by atoms with Gasteiger partial charge in [-0.25, -0.2) is 14.4 Å². The molecular weight excluding hydrogens is 315 g/mol. The van der Waals surface area contributed by atoms with E-state index in [4.69, 9.17) is 4.74 Å². The monoisotopic (exact) mass is 324 g/mol. The third-order valence-electron chi connectivity index (χ3n) is 2.49. The van der Waals surface area contributed by atoms with Gasteiger partial charge in [0.2, 0.25) is 5.88 Å². The van der Waals surface area contributed by atoms with Crippen LogP contribution in [0.3, 0.4) is 0 Å². The van der Waals surface area contributed by atoms with Gasteiger partial charge < -0.3 is 4.74 Å². The molecule has 0 atom stereocenters. The van der Waals surface area contributed by atoms with Gasteiger partial charge in [-0.2, -0.15) is 0 Å². The summed E-state index contributed by atoms with van der Waals surface area (Å²) in [4.78, 5) is 19.9. The largest absolute Gasteiger partial charge is 0.481 e. The number of rotatable bonds is 4. The fourth-order valence-corrected chi connectivity index (χ4v) is 1.90. The molecule has 0 N–H and O–H groups in total. The van der Waals surface area contributed by atoms with Crippen LogP contribution in [-0.2, 0) is 6.42 Å². The maximum Gasteiger partial charge on any atom is 0.216 e. The fourth-order valence-electron chi connectivity index (χ4n) is 1.52. The molecule has 0 spiro atoms. The molecule has 1 heterocycles. The van der Waals surface area contributed by atoms with Crippen molar-refractivity contribution in [3.8, 4) is 5.88 Å². The Morgan fingerprint density at radius 1 is 1.37 bits per heavy atom. The summed E-state index contributed by atoms with van der Waals surface area (Å²) in [7, 11) is 1.49. The van der Waals surface area contributed by atoms with Crippen molar-refractivity contribution < 1.29 is 13.9 Å². The van der Waals surface area contributed by atoms with Crippen LogP contribution in [0.25, 0.3) is 0 Å². The van der Waals surface area contributed by atoms with Crippen LogP contribution in [0.1, 0.15) is 16.1 Å². The lowest BCUT2D eigenvalue weighted by atomic mass is 10.1. The van der Waals surface area contributed by atoms with Gasteiger partial charge in [0.05, 0.1) is 23.7 Å². The molecule has 1 aromatic heterocycles. The van der Waals surface area contributed by atoms with Gasteiger partial charge in [0.15, 0.2) is 5.78 Å². The molecule has 0 fully saturated rings. The zero-order valence-corrected chi connectivity index (χ0v) is 11.6. The molecule has 0 aliphatic carbocycles. The van der Waals surface area contributed by atoms with E-state index in [0.29, 0.717) is 17.1 Å². The van der Waals surface area contributed by atoms with Crippen LogP contribution in [0.15, 0.2) is 35.1 Å². The fraction of sp³-hybridized carbons (Fsp3) is 0.154. The van der Waals surface area contributed by atoms with Crippen LogP contribution >= 0.6 is 15.9 Å². The second-order valence-electron chi connectivity index (χ2n) is 3.78. The number of hydrogen-bond acceptors (Lipinski definition) is 4. The molecule has 2 rings (SSSR count). The van der Waals surface area contributed by atoms with Crippen LogP contribution in [0, 0.1) is 5.82 Å². The number of benzene rings is 1. The first-order chi connectivity index (χ1) is 9.10. The molecule has 2 aromatic rings. The van der Waals surface area contributed by atoms with Crippen molar-refractivity contribution >= 4 is 21.7 Å². The molecule has 19 heavy (non-hydrogen) atoms. The average Bonchev–Trinajstić information content (AvgIpc) is 2.42. The minimum absolute atomic E-state index is 0.108. The summed E-state index contributed by atoms with van der Waals surface area (Å²) in [6.45, 7) is 0. The number of nitrogens with zero attached hydrogens (tertiary/aromatic N) is 2. The van der Waals surface area contributed by atoms with Crippen molar-refractivity contribution in [2.24, 2.45) is 0 Å². The number of hydrogen-bond donors (Lipinski definition) is 0. The topological polar surface area (TPSA) is 52.1 Å². The van der Waals surface area contributed by atoms with Gasteiger partial charge in [-0.15, -0.1) is 0 Å². The third kappa shape index (κ3) is 3.35. The summed E-state index contributed by atoms with van der Waals surface area (Å²) in [5, 5.41) is 0. The molecule has 0 radical (unpaired) electrons. The van der Waals surface area contributed by atoms with E-state index < -0.39 is 5.82 Å². The van der Waals surface area contributed by atoms with Gasteiger partial charge in [-0.05, 0) is 34.1 Å². The summed E-state index contributed by atoms with van der Waals surface area (Å²) in [6.07, 6.45) is 1.44. The van der Waals surface area contributed by atoms with Crippen molar-refractivity contribution in [2.75, 3.05) is 7.11 Å². The Balaban J connectivity index is 2.18. The highest BCUT2D eigenvalue weighted by Crippen LogP contribution is 2.18. The van der Waals surface area contributed by atoms with E-state index in [2.05, 4.69) is 25.9 Å². The van der Waals surface area contributed by atoms with Crippen LogP contribution in [0.4, 0.5) is 4.39 Å². The van der Waals surface area contributed by atoms with Crippen molar-refractivity contribution in [1.82, 2.24) is 9.97 Å². The second kappa shape index (κ2) is 5.88. The summed E-state index contributed by atoms with van der Waals surface area (Å²) < 4.78 is 18.3. The molecule has 0 saturated heterocycles. The van der Waals surface area contributed by atoms with Crippen LogP contribution in [0.5, 0.6) is 5.88 Å². The lowest BCUT2D eigenvalue weighted by Crippen LogP contribution is -2.06.